The standard InChI is InChI=1S/C6H8ClN/c7-5-6(1-2-6)3-4-8/h1-3,5H2. The molecule has 0 aromatic heterocycles. The first-order valence-corrected chi connectivity index (χ1v) is 3.29. The van der Waals surface area contributed by atoms with Crippen molar-refractivity contribution in [3.8, 4) is 6.07 Å². The summed E-state index contributed by atoms with van der Waals surface area (Å²) in [4.78, 5) is 0. The molecule has 0 unspecified atom stereocenters. The largest absolute Gasteiger partial charge is 0.198 e. The van der Waals surface area contributed by atoms with Gasteiger partial charge in [-0.25, -0.2) is 0 Å². The molecule has 1 saturated carbocycles. The third-order valence-electron chi connectivity index (χ3n) is 1.69. The van der Waals surface area contributed by atoms with E-state index in [4.69, 9.17) is 16.9 Å². The van der Waals surface area contributed by atoms with Crippen LogP contribution >= 0.6 is 11.6 Å². The van der Waals surface area contributed by atoms with E-state index in [0.29, 0.717) is 12.3 Å². The third kappa shape index (κ3) is 0.952. The Balaban J connectivity index is 2.33. The molecule has 0 radical (unpaired) electrons. The van der Waals surface area contributed by atoms with Crippen molar-refractivity contribution in [1.29, 1.82) is 5.26 Å². The minimum absolute atomic E-state index is 0.246. The Morgan fingerprint density at radius 1 is 1.62 bits per heavy atom. The highest BCUT2D eigenvalue weighted by Crippen LogP contribution is 2.49. The van der Waals surface area contributed by atoms with Crippen LogP contribution in [0.25, 0.3) is 0 Å². The summed E-state index contributed by atoms with van der Waals surface area (Å²) < 4.78 is 0. The summed E-state index contributed by atoms with van der Waals surface area (Å²) in [7, 11) is 0. The van der Waals surface area contributed by atoms with Gasteiger partial charge in [0, 0.05) is 12.3 Å². The van der Waals surface area contributed by atoms with Crippen LogP contribution in [0.5, 0.6) is 0 Å². The van der Waals surface area contributed by atoms with E-state index >= 15 is 0 Å². The predicted octanol–water partition coefficient (Wildman–Crippen LogP) is 1.92. The number of nitriles is 1. The second-order valence-corrected chi connectivity index (χ2v) is 2.74. The third-order valence-corrected chi connectivity index (χ3v) is 2.26. The Kier molecular flexibility index (Phi) is 1.44. The average molecular weight is 130 g/mol. The van der Waals surface area contributed by atoms with Crippen molar-refractivity contribution >= 4 is 11.6 Å². The molecule has 8 heavy (non-hydrogen) atoms. The molecule has 0 bridgehead atoms. The van der Waals surface area contributed by atoms with Crippen molar-refractivity contribution in [1.82, 2.24) is 0 Å². The molecule has 0 amide bonds. The zero-order valence-electron chi connectivity index (χ0n) is 4.65. The molecule has 1 fully saturated rings. The average Bonchev–Trinajstić information content (AvgIpc) is 2.50. The van der Waals surface area contributed by atoms with Crippen LogP contribution < -0.4 is 0 Å². The number of hydrogen-bond acceptors (Lipinski definition) is 1. The summed E-state index contributed by atoms with van der Waals surface area (Å²) in [6, 6.07) is 2.14. The van der Waals surface area contributed by atoms with Gasteiger partial charge in [0.25, 0.3) is 0 Å². The Hall–Kier alpha value is -0.220. The predicted molar refractivity (Wildman–Crippen MR) is 32.6 cm³/mol. The lowest BCUT2D eigenvalue weighted by Crippen LogP contribution is -1.98. The van der Waals surface area contributed by atoms with E-state index in [2.05, 4.69) is 6.07 Å². The van der Waals surface area contributed by atoms with Crippen LogP contribution in [0.15, 0.2) is 0 Å². The lowest BCUT2D eigenvalue weighted by atomic mass is 10.1. The molecule has 0 spiro atoms. The normalized spacial score (nSPS) is 22.0. The number of alkyl halides is 1. The van der Waals surface area contributed by atoms with Gasteiger partial charge in [0.1, 0.15) is 0 Å². The molecule has 0 aromatic carbocycles. The minimum Gasteiger partial charge on any atom is -0.198 e. The van der Waals surface area contributed by atoms with E-state index in [9.17, 15) is 0 Å². The molecule has 0 aromatic rings. The Morgan fingerprint density at radius 2 is 2.25 bits per heavy atom. The molecule has 0 N–H and O–H groups in total. The van der Waals surface area contributed by atoms with Gasteiger partial charge in [0.15, 0.2) is 0 Å². The number of halogens is 1. The highest BCUT2D eigenvalue weighted by molar-refractivity contribution is 6.18. The first kappa shape index (κ1) is 5.91. The first-order valence-electron chi connectivity index (χ1n) is 2.76. The molecule has 44 valence electrons. The highest BCUT2D eigenvalue weighted by Gasteiger charge is 2.41. The summed E-state index contributed by atoms with van der Waals surface area (Å²) in [6.07, 6.45) is 2.96. The number of nitrogens with zero attached hydrogens (tertiary/aromatic N) is 1. The van der Waals surface area contributed by atoms with E-state index in [1.165, 1.54) is 0 Å². The zero-order valence-corrected chi connectivity index (χ0v) is 5.41. The van der Waals surface area contributed by atoms with Crippen LogP contribution in [0.1, 0.15) is 19.3 Å². The van der Waals surface area contributed by atoms with Crippen LogP contribution in [-0.2, 0) is 0 Å². The number of rotatable bonds is 2. The number of hydrogen-bond donors (Lipinski definition) is 0. The Bertz CT molecular complexity index is 121. The maximum absolute atomic E-state index is 8.26. The molecule has 2 heteroatoms. The molecule has 0 atom stereocenters. The topological polar surface area (TPSA) is 23.8 Å². The fourth-order valence-electron chi connectivity index (χ4n) is 0.702. The lowest BCUT2D eigenvalue weighted by Gasteiger charge is -2.00. The molecule has 1 rings (SSSR count). The van der Waals surface area contributed by atoms with Gasteiger partial charge < -0.3 is 0 Å². The van der Waals surface area contributed by atoms with E-state index < -0.39 is 0 Å². The summed E-state index contributed by atoms with van der Waals surface area (Å²) in [5.74, 6) is 0.667. The second kappa shape index (κ2) is 1.95. The van der Waals surface area contributed by atoms with Crippen molar-refractivity contribution in [3.63, 3.8) is 0 Å². The maximum Gasteiger partial charge on any atom is 0.0628 e. The summed E-state index contributed by atoms with van der Waals surface area (Å²) in [5, 5.41) is 8.26. The van der Waals surface area contributed by atoms with Crippen LogP contribution in [-0.4, -0.2) is 5.88 Å². The van der Waals surface area contributed by atoms with Crippen molar-refractivity contribution in [2.45, 2.75) is 19.3 Å². The Morgan fingerprint density at radius 3 is 2.38 bits per heavy atom. The minimum atomic E-state index is 0.246. The van der Waals surface area contributed by atoms with Gasteiger partial charge in [-0.2, -0.15) is 5.26 Å². The van der Waals surface area contributed by atoms with Crippen molar-refractivity contribution in [2.75, 3.05) is 5.88 Å². The lowest BCUT2D eigenvalue weighted by molar-refractivity contribution is 0.600. The van der Waals surface area contributed by atoms with Crippen molar-refractivity contribution in [3.05, 3.63) is 0 Å². The Labute approximate surface area is 54.3 Å². The van der Waals surface area contributed by atoms with Gasteiger partial charge >= 0.3 is 0 Å². The molecule has 0 heterocycles. The SMILES string of the molecule is N#CCC1(CCl)CC1. The highest BCUT2D eigenvalue weighted by atomic mass is 35.5. The molecular weight excluding hydrogens is 122 g/mol. The van der Waals surface area contributed by atoms with Crippen molar-refractivity contribution in [2.24, 2.45) is 5.41 Å². The van der Waals surface area contributed by atoms with Crippen LogP contribution in [0, 0.1) is 16.7 Å². The zero-order chi connectivity index (χ0) is 6.04. The summed E-state index contributed by atoms with van der Waals surface area (Å²) in [5.41, 5.74) is 0.246. The quantitative estimate of drug-likeness (QED) is 0.523. The maximum atomic E-state index is 8.26. The fourth-order valence-corrected chi connectivity index (χ4v) is 1.06. The van der Waals surface area contributed by atoms with Gasteiger partial charge in [-0.15, -0.1) is 11.6 Å². The van der Waals surface area contributed by atoms with Gasteiger partial charge in [0.05, 0.1) is 6.07 Å². The molecular formula is C6H8ClN. The molecule has 1 aliphatic rings. The van der Waals surface area contributed by atoms with Gasteiger partial charge in [-0.3, -0.25) is 0 Å². The first-order chi connectivity index (χ1) is 3.83. The van der Waals surface area contributed by atoms with E-state index in [1.54, 1.807) is 0 Å². The second-order valence-electron chi connectivity index (χ2n) is 2.47. The van der Waals surface area contributed by atoms with Gasteiger partial charge in [-0.1, -0.05) is 0 Å². The van der Waals surface area contributed by atoms with E-state index in [1.807, 2.05) is 0 Å². The molecule has 1 nitrogen and oxygen atoms in total. The molecule has 0 saturated heterocycles. The van der Waals surface area contributed by atoms with Crippen LogP contribution in [0.4, 0.5) is 0 Å². The molecule has 0 aliphatic heterocycles. The van der Waals surface area contributed by atoms with E-state index in [0.717, 1.165) is 12.8 Å². The van der Waals surface area contributed by atoms with Crippen molar-refractivity contribution < 1.29 is 0 Å². The van der Waals surface area contributed by atoms with E-state index in [-0.39, 0.29) is 5.41 Å². The smallest absolute Gasteiger partial charge is 0.0628 e. The fraction of sp³-hybridized carbons (Fsp3) is 0.833. The summed E-state index contributed by atoms with van der Waals surface area (Å²) >= 11 is 5.58. The van der Waals surface area contributed by atoms with Crippen LogP contribution in [0.3, 0.4) is 0 Å². The monoisotopic (exact) mass is 129 g/mol. The van der Waals surface area contributed by atoms with Gasteiger partial charge in [0.2, 0.25) is 0 Å². The van der Waals surface area contributed by atoms with Crippen LogP contribution in [0.2, 0.25) is 0 Å². The summed E-state index contributed by atoms with van der Waals surface area (Å²) in [6.45, 7) is 0. The van der Waals surface area contributed by atoms with Gasteiger partial charge in [-0.05, 0) is 18.3 Å². The molecule has 1 aliphatic carbocycles.